The van der Waals surface area contributed by atoms with E-state index in [2.05, 4.69) is 64.5 Å². The van der Waals surface area contributed by atoms with E-state index in [9.17, 15) is 14.7 Å². The van der Waals surface area contributed by atoms with Gasteiger partial charge in [-0.25, -0.2) is 4.79 Å². The van der Waals surface area contributed by atoms with Gasteiger partial charge in [-0.3, -0.25) is 4.79 Å². The molecule has 5 nitrogen and oxygen atoms in total. The van der Waals surface area contributed by atoms with Crippen molar-refractivity contribution in [2.75, 3.05) is 0 Å². The van der Waals surface area contributed by atoms with Crippen molar-refractivity contribution in [3.8, 4) is 0 Å². The molecule has 0 amide bonds. The molecule has 0 saturated heterocycles. The predicted molar refractivity (Wildman–Crippen MR) is 231 cm³/mol. The lowest BCUT2D eigenvalue weighted by atomic mass is 9.47. The van der Waals surface area contributed by atoms with E-state index in [1.807, 2.05) is 0 Å². The molecule has 0 heterocycles. The van der Waals surface area contributed by atoms with Crippen molar-refractivity contribution in [2.45, 2.75) is 234 Å². The van der Waals surface area contributed by atoms with E-state index in [-0.39, 0.29) is 12.5 Å². The zero-order valence-corrected chi connectivity index (χ0v) is 36.9. The molecular formula is C50H88O5. The van der Waals surface area contributed by atoms with Crippen molar-refractivity contribution >= 4 is 12.1 Å². The predicted octanol–water partition coefficient (Wildman–Crippen LogP) is 15.2. The Kier molecular flexibility index (Phi) is 22.3. The number of carboxylic acid groups (broad SMARTS) is 1. The second-order valence-electron chi connectivity index (χ2n) is 19.7. The molecule has 0 spiro atoms. The fourth-order valence-electron chi connectivity index (χ4n) is 11.9. The van der Waals surface area contributed by atoms with Crippen LogP contribution in [0.1, 0.15) is 228 Å². The number of aliphatic hydroxyl groups is 1. The molecule has 0 bridgehead atoms. The highest BCUT2D eigenvalue weighted by Gasteiger charge is 2.59. The highest BCUT2D eigenvalue weighted by molar-refractivity contribution is 5.80. The number of fused-ring (bicyclic) bond motifs is 5. The molecule has 8 atom stereocenters. The van der Waals surface area contributed by atoms with Gasteiger partial charge in [0.2, 0.25) is 0 Å². The first-order valence-corrected chi connectivity index (χ1v) is 23.9. The number of esters is 1. The van der Waals surface area contributed by atoms with Gasteiger partial charge in [-0.05, 0) is 130 Å². The van der Waals surface area contributed by atoms with E-state index in [4.69, 9.17) is 5.11 Å². The summed E-state index contributed by atoms with van der Waals surface area (Å²) in [6, 6.07) is 0. The molecular weight excluding hydrogens is 681 g/mol. The Morgan fingerprint density at radius 1 is 0.764 bits per heavy atom. The van der Waals surface area contributed by atoms with E-state index in [1.54, 1.807) is 5.57 Å². The Bertz CT molecular complexity index is 1140. The standard InChI is InChI=1S/C27H46O.C23H42O4/c1-18(2)7-6-8-19(3)23-11-12-24-22-10-9-20-17-21(28)13-15-26(20,4)25(22)14-16-27(23,24)5;1-2-3-4-5-6-7-8-9-10-11-12-13-14-15-16-17-18-19-20-21-22(24)27-23(25)26/h9,18-19,21-25,28H,6-8,10-17H2,1-5H3;9-10H,2-8,11-21H2,1H3,(H,25,26)/t19-,21+,22+,23-,24+,25+,26+,27-;/m1./s1. The van der Waals surface area contributed by atoms with Crippen LogP contribution in [0, 0.1) is 46.3 Å². The molecule has 4 aliphatic carbocycles. The minimum atomic E-state index is -1.51. The molecule has 3 saturated carbocycles. The number of ether oxygens (including phenoxy) is 1. The van der Waals surface area contributed by atoms with Gasteiger partial charge in [-0.2, -0.15) is 0 Å². The Balaban J connectivity index is 0.000000296. The summed E-state index contributed by atoms with van der Waals surface area (Å²) < 4.78 is 4.06. The lowest BCUT2D eigenvalue weighted by molar-refractivity contribution is -0.139. The maximum atomic E-state index is 11.0. The molecule has 5 heteroatoms. The maximum Gasteiger partial charge on any atom is 0.513 e. The molecule has 0 unspecified atom stereocenters. The molecule has 4 rings (SSSR count). The number of rotatable bonds is 24. The Morgan fingerprint density at radius 3 is 1.96 bits per heavy atom. The SMILES string of the molecule is CC(C)CCC[C@@H](C)[C@H]1CC[C@H]2[C@@H]3CC=C4C[C@@H](O)CC[C@]4(C)[C@H]3CC[C@]12C.CCCCCCCCC=CCCCCCCCCCCCC(=O)OC(=O)O. The normalized spacial score (nSPS) is 29.2. The van der Waals surface area contributed by atoms with Crippen molar-refractivity contribution in [3.05, 3.63) is 23.8 Å². The van der Waals surface area contributed by atoms with Crippen molar-refractivity contribution < 1.29 is 24.5 Å². The Labute approximate surface area is 339 Å². The number of unbranched alkanes of at least 4 members (excludes halogenated alkanes) is 15. The fraction of sp³-hybridized carbons (Fsp3) is 0.880. The quantitative estimate of drug-likeness (QED) is 0.0442. The third kappa shape index (κ3) is 15.9. The van der Waals surface area contributed by atoms with Gasteiger partial charge in [0.05, 0.1) is 6.10 Å². The number of hydrogen-bond donors (Lipinski definition) is 2. The summed E-state index contributed by atoms with van der Waals surface area (Å²) in [6.45, 7) is 14.8. The van der Waals surface area contributed by atoms with Gasteiger partial charge in [-0.15, -0.1) is 0 Å². The van der Waals surface area contributed by atoms with Crippen molar-refractivity contribution in [1.29, 1.82) is 0 Å². The monoisotopic (exact) mass is 769 g/mol. The zero-order valence-electron chi connectivity index (χ0n) is 36.9. The van der Waals surface area contributed by atoms with Gasteiger partial charge < -0.3 is 14.9 Å². The van der Waals surface area contributed by atoms with Crippen LogP contribution in [0.15, 0.2) is 23.8 Å². The summed E-state index contributed by atoms with van der Waals surface area (Å²) in [4.78, 5) is 21.2. The molecule has 2 N–H and O–H groups in total. The smallest absolute Gasteiger partial charge is 0.449 e. The van der Waals surface area contributed by atoms with Crippen LogP contribution < -0.4 is 0 Å². The van der Waals surface area contributed by atoms with E-state index >= 15 is 0 Å². The Morgan fingerprint density at radius 2 is 1.36 bits per heavy atom. The van der Waals surface area contributed by atoms with Gasteiger partial charge in [0.1, 0.15) is 0 Å². The third-order valence-electron chi connectivity index (χ3n) is 15.1. The van der Waals surface area contributed by atoms with Gasteiger partial charge in [0, 0.05) is 6.42 Å². The molecule has 0 radical (unpaired) electrons. The van der Waals surface area contributed by atoms with Gasteiger partial charge >= 0.3 is 12.1 Å². The first kappa shape index (κ1) is 47.8. The summed E-state index contributed by atoms with van der Waals surface area (Å²) in [5, 5.41) is 18.5. The van der Waals surface area contributed by atoms with Crippen LogP contribution in [0.5, 0.6) is 0 Å². The van der Waals surface area contributed by atoms with Crippen LogP contribution >= 0.6 is 0 Å². The molecule has 0 aromatic carbocycles. The van der Waals surface area contributed by atoms with Crippen molar-refractivity contribution in [2.24, 2.45) is 46.3 Å². The Hall–Kier alpha value is -1.62. The van der Waals surface area contributed by atoms with E-state index in [0.717, 1.165) is 67.6 Å². The zero-order chi connectivity index (χ0) is 40.1. The third-order valence-corrected chi connectivity index (χ3v) is 15.1. The summed E-state index contributed by atoms with van der Waals surface area (Å²) >= 11 is 0. The molecule has 318 valence electrons. The van der Waals surface area contributed by atoms with E-state index in [1.165, 1.54) is 148 Å². The van der Waals surface area contributed by atoms with Crippen molar-refractivity contribution in [1.82, 2.24) is 0 Å². The van der Waals surface area contributed by atoms with E-state index < -0.39 is 12.1 Å². The maximum absolute atomic E-state index is 11.0. The van der Waals surface area contributed by atoms with Crippen LogP contribution in [0.4, 0.5) is 4.79 Å². The molecule has 55 heavy (non-hydrogen) atoms. The summed E-state index contributed by atoms with van der Waals surface area (Å²) in [7, 11) is 0. The lowest BCUT2D eigenvalue weighted by Gasteiger charge is -2.58. The van der Waals surface area contributed by atoms with Gasteiger partial charge in [0.15, 0.2) is 0 Å². The molecule has 0 aliphatic heterocycles. The van der Waals surface area contributed by atoms with Crippen LogP contribution in [-0.2, 0) is 9.53 Å². The topological polar surface area (TPSA) is 83.8 Å². The number of allylic oxidation sites excluding steroid dienone is 3. The minimum absolute atomic E-state index is 0.0766. The molecule has 0 aromatic heterocycles. The van der Waals surface area contributed by atoms with Crippen LogP contribution in [0.25, 0.3) is 0 Å². The van der Waals surface area contributed by atoms with E-state index in [0.29, 0.717) is 10.8 Å². The molecule has 0 aromatic rings. The minimum Gasteiger partial charge on any atom is -0.449 e. The fourth-order valence-corrected chi connectivity index (χ4v) is 11.9. The summed E-state index contributed by atoms with van der Waals surface area (Å²) in [5.41, 5.74) is 2.60. The second-order valence-corrected chi connectivity index (χ2v) is 19.7. The number of hydrogen-bond acceptors (Lipinski definition) is 4. The van der Waals surface area contributed by atoms with Gasteiger partial charge in [0.25, 0.3) is 0 Å². The molecule has 3 fully saturated rings. The van der Waals surface area contributed by atoms with Crippen LogP contribution in [0.2, 0.25) is 0 Å². The summed E-state index contributed by atoms with van der Waals surface area (Å²) in [5.74, 6) is 4.82. The summed E-state index contributed by atoms with van der Waals surface area (Å²) in [6.07, 6.45) is 41.8. The van der Waals surface area contributed by atoms with Crippen LogP contribution in [0.3, 0.4) is 0 Å². The average Bonchev–Trinajstić information content (AvgIpc) is 3.50. The van der Waals surface area contributed by atoms with Gasteiger partial charge in [-0.1, -0.05) is 162 Å². The number of carbonyl (C=O) groups excluding carboxylic acids is 1. The first-order valence-electron chi connectivity index (χ1n) is 23.9. The number of aliphatic hydroxyl groups excluding tert-OH is 1. The second kappa shape index (κ2) is 25.7. The highest BCUT2D eigenvalue weighted by Crippen LogP contribution is 2.67. The lowest BCUT2D eigenvalue weighted by Crippen LogP contribution is -2.50. The van der Waals surface area contributed by atoms with Crippen LogP contribution in [-0.4, -0.2) is 28.4 Å². The first-order chi connectivity index (χ1) is 26.4. The highest BCUT2D eigenvalue weighted by atomic mass is 16.7. The van der Waals surface area contributed by atoms with Crippen molar-refractivity contribution in [3.63, 3.8) is 0 Å². The number of carbonyl (C=O) groups is 2. The average molecular weight is 769 g/mol. The molecule has 4 aliphatic rings. The largest absolute Gasteiger partial charge is 0.513 e.